The number of carbonyl (C=O) groups excluding carboxylic acids is 1. The average Bonchev–Trinajstić information content (AvgIpc) is 3.22. The summed E-state index contributed by atoms with van der Waals surface area (Å²) in [5, 5.41) is 11.9. The molecule has 228 valence electrons. The molecule has 0 fully saturated rings. The number of anilines is 1. The maximum Gasteiger partial charge on any atom is 0.387 e. The van der Waals surface area contributed by atoms with Crippen LogP contribution < -0.4 is 10.1 Å². The Kier molecular flexibility index (Phi) is 11.5. The van der Waals surface area contributed by atoms with Crippen molar-refractivity contribution in [2.45, 2.75) is 65.4 Å². The van der Waals surface area contributed by atoms with E-state index in [9.17, 15) is 13.6 Å². The minimum Gasteiger partial charge on any atom is -0.435 e. The molecule has 0 bridgehead atoms. The van der Waals surface area contributed by atoms with Gasteiger partial charge < -0.3 is 15.5 Å². The lowest BCUT2D eigenvalue weighted by molar-refractivity contribution is -0.0498. The van der Waals surface area contributed by atoms with E-state index in [0.29, 0.717) is 29.7 Å². The minimum atomic E-state index is -2.86. The second-order valence-corrected chi connectivity index (χ2v) is 10.7. The van der Waals surface area contributed by atoms with Gasteiger partial charge in [0.2, 0.25) is 0 Å². The Balaban J connectivity index is 1.45. The summed E-state index contributed by atoms with van der Waals surface area (Å²) in [5.74, 6) is 0.0260. The molecule has 7 heteroatoms. The van der Waals surface area contributed by atoms with E-state index in [1.54, 1.807) is 30.5 Å². The monoisotopic (exact) mass is 595 g/mol. The van der Waals surface area contributed by atoms with Gasteiger partial charge in [0.15, 0.2) is 5.78 Å². The standard InChI is InChI=1S/C37H39F2N3O2/c1-4-7-10-25(5-2)13-16-30(40)23-35(43)33-20-17-31(22-26(33)6-3)42-34-12-9-8-11-28-21-29(24-41-36(28)34)27-14-18-32(19-15-27)44-37(38)39/h6,8-12,14-15,17-20,22,24,37,40,42H,3-5,7,13,16,21,23H2,1-2H3/b25-10+,40-30?. The fourth-order valence-corrected chi connectivity index (χ4v) is 5.15. The zero-order chi connectivity index (χ0) is 31.5. The van der Waals surface area contributed by atoms with Crippen LogP contribution in [0.4, 0.5) is 14.5 Å². The fraction of sp³-hybridized carbons (Fsp3) is 0.270. The summed E-state index contributed by atoms with van der Waals surface area (Å²) in [6.45, 7) is 5.35. The number of aliphatic imine (C=N–C) groups is 1. The van der Waals surface area contributed by atoms with Crippen LogP contribution in [-0.2, 0) is 0 Å². The summed E-state index contributed by atoms with van der Waals surface area (Å²) < 4.78 is 29.5. The number of nitrogens with zero attached hydrogens (tertiary/aromatic N) is 1. The summed E-state index contributed by atoms with van der Waals surface area (Å²) in [7, 11) is 0. The third-order valence-corrected chi connectivity index (χ3v) is 7.56. The van der Waals surface area contributed by atoms with Crippen molar-refractivity contribution in [2.75, 3.05) is 5.32 Å². The molecule has 0 saturated heterocycles. The molecule has 0 saturated carbocycles. The first-order valence-corrected chi connectivity index (χ1v) is 15.0. The molecule has 0 unspecified atom stereocenters. The normalized spacial score (nSPS) is 14.5. The molecule has 1 heterocycles. The number of alkyl halides is 2. The molecule has 44 heavy (non-hydrogen) atoms. The highest BCUT2D eigenvalue weighted by Crippen LogP contribution is 2.32. The van der Waals surface area contributed by atoms with Gasteiger partial charge in [0.25, 0.3) is 0 Å². The van der Waals surface area contributed by atoms with Crippen molar-refractivity contribution in [3.8, 4) is 5.75 Å². The van der Waals surface area contributed by atoms with Crippen LogP contribution in [0.25, 0.3) is 11.6 Å². The lowest BCUT2D eigenvalue weighted by Gasteiger charge is -2.20. The van der Waals surface area contributed by atoms with Gasteiger partial charge in [-0.05, 0) is 84.4 Å². The number of halogens is 2. The van der Waals surface area contributed by atoms with Gasteiger partial charge in [0.1, 0.15) is 5.75 Å². The number of benzene rings is 2. The van der Waals surface area contributed by atoms with Gasteiger partial charge >= 0.3 is 6.61 Å². The van der Waals surface area contributed by atoms with Crippen LogP contribution in [0.2, 0.25) is 0 Å². The van der Waals surface area contributed by atoms with Crippen molar-refractivity contribution in [1.29, 1.82) is 5.41 Å². The topological polar surface area (TPSA) is 74.5 Å². The average molecular weight is 596 g/mol. The minimum absolute atomic E-state index is 0.0861. The number of fused-ring (bicyclic) bond motifs is 1. The Morgan fingerprint density at radius 1 is 1.09 bits per heavy atom. The molecule has 2 aliphatic rings. The van der Waals surface area contributed by atoms with E-state index >= 15 is 0 Å². The van der Waals surface area contributed by atoms with Gasteiger partial charge in [-0.1, -0.05) is 74.9 Å². The first kappa shape index (κ1) is 32.3. The van der Waals surface area contributed by atoms with Crippen molar-refractivity contribution in [1.82, 2.24) is 0 Å². The molecular weight excluding hydrogens is 556 g/mol. The first-order chi connectivity index (χ1) is 21.3. The molecule has 2 aromatic carbocycles. The first-order valence-electron chi connectivity index (χ1n) is 15.0. The lowest BCUT2D eigenvalue weighted by atomic mass is 9.92. The highest BCUT2D eigenvalue weighted by molar-refractivity contribution is 6.17. The van der Waals surface area contributed by atoms with Crippen molar-refractivity contribution >= 4 is 34.5 Å². The molecule has 1 aliphatic carbocycles. The van der Waals surface area contributed by atoms with Gasteiger partial charge in [-0.25, -0.2) is 0 Å². The quantitative estimate of drug-likeness (QED) is 0.122. The number of nitrogens with one attached hydrogen (secondary N) is 2. The van der Waals surface area contributed by atoms with Gasteiger partial charge in [0, 0.05) is 36.0 Å². The van der Waals surface area contributed by atoms with E-state index < -0.39 is 6.61 Å². The number of allylic oxidation sites excluding steroid dienone is 8. The number of rotatable bonds is 15. The van der Waals surface area contributed by atoms with E-state index in [1.807, 2.05) is 36.4 Å². The van der Waals surface area contributed by atoms with E-state index in [1.165, 1.54) is 17.7 Å². The van der Waals surface area contributed by atoms with Crippen LogP contribution in [0.15, 0.2) is 107 Å². The Bertz CT molecular complexity index is 1570. The molecule has 4 rings (SSSR count). The Hall–Kier alpha value is -4.65. The number of ketones is 1. The molecule has 0 amide bonds. The van der Waals surface area contributed by atoms with Crippen molar-refractivity contribution < 1.29 is 18.3 Å². The van der Waals surface area contributed by atoms with Gasteiger partial charge in [-0.3, -0.25) is 9.79 Å². The number of hydrogen-bond donors (Lipinski definition) is 2. The zero-order valence-corrected chi connectivity index (χ0v) is 25.3. The maximum atomic E-state index is 13.2. The molecule has 2 aromatic rings. The molecule has 0 spiro atoms. The van der Waals surface area contributed by atoms with Gasteiger partial charge in [0.05, 0.1) is 11.4 Å². The van der Waals surface area contributed by atoms with E-state index in [2.05, 4.69) is 36.6 Å². The largest absolute Gasteiger partial charge is 0.435 e. The number of ether oxygens (including phenoxy) is 1. The zero-order valence-electron chi connectivity index (χ0n) is 25.3. The number of Topliss-reactive ketones (excluding diaryl/α,β-unsaturated/α-hetero) is 1. The van der Waals surface area contributed by atoms with Crippen LogP contribution in [0.5, 0.6) is 5.75 Å². The molecule has 5 nitrogen and oxygen atoms in total. The summed E-state index contributed by atoms with van der Waals surface area (Å²) in [6.07, 6.45) is 18.8. The molecule has 0 atom stereocenters. The van der Waals surface area contributed by atoms with Crippen molar-refractivity contribution in [3.63, 3.8) is 0 Å². The summed E-state index contributed by atoms with van der Waals surface area (Å²) in [5.41, 5.74) is 8.28. The second-order valence-electron chi connectivity index (χ2n) is 10.7. The van der Waals surface area contributed by atoms with Crippen LogP contribution in [-0.4, -0.2) is 23.8 Å². The van der Waals surface area contributed by atoms with Gasteiger partial charge in [-0.15, -0.1) is 0 Å². The molecule has 1 aliphatic heterocycles. The predicted molar refractivity (Wildman–Crippen MR) is 178 cm³/mol. The van der Waals surface area contributed by atoms with Crippen LogP contribution in [0.3, 0.4) is 0 Å². The smallest absolute Gasteiger partial charge is 0.387 e. The molecule has 2 N–H and O–H groups in total. The summed E-state index contributed by atoms with van der Waals surface area (Å²) in [6, 6.07) is 12.1. The van der Waals surface area contributed by atoms with Crippen LogP contribution >= 0.6 is 0 Å². The third kappa shape index (κ3) is 8.69. The Labute approximate surface area is 258 Å². The van der Waals surface area contributed by atoms with E-state index in [0.717, 1.165) is 59.5 Å². The van der Waals surface area contributed by atoms with Crippen LogP contribution in [0.1, 0.15) is 80.3 Å². The highest BCUT2D eigenvalue weighted by Gasteiger charge is 2.21. The Morgan fingerprint density at radius 2 is 1.86 bits per heavy atom. The van der Waals surface area contributed by atoms with Crippen molar-refractivity contribution in [3.05, 3.63) is 119 Å². The molecular formula is C37H39F2N3O2. The van der Waals surface area contributed by atoms with Crippen molar-refractivity contribution in [2.24, 2.45) is 4.99 Å². The number of hydrogen-bond acceptors (Lipinski definition) is 5. The Morgan fingerprint density at radius 3 is 2.57 bits per heavy atom. The SMILES string of the molecule is C=Cc1cc(NC2=CC=CC=C3CC(c4ccc(OC(F)F)cc4)=CN=C32)ccc1C(=O)CC(=N)CC/C(=C/CCC)CC. The number of carbonyl (C=O) groups is 1. The van der Waals surface area contributed by atoms with E-state index in [4.69, 9.17) is 10.4 Å². The van der Waals surface area contributed by atoms with Gasteiger partial charge in [-0.2, -0.15) is 8.78 Å². The molecule has 0 aromatic heterocycles. The summed E-state index contributed by atoms with van der Waals surface area (Å²) >= 11 is 0. The maximum absolute atomic E-state index is 13.2. The summed E-state index contributed by atoms with van der Waals surface area (Å²) in [4.78, 5) is 17.9. The number of unbranched alkanes of at least 4 members (excludes halogenated alkanes) is 1. The fourth-order valence-electron chi connectivity index (χ4n) is 5.15. The van der Waals surface area contributed by atoms with Crippen LogP contribution in [0, 0.1) is 5.41 Å². The second kappa shape index (κ2) is 15.7. The van der Waals surface area contributed by atoms with E-state index in [-0.39, 0.29) is 18.0 Å². The molecule has 0 radical (unpaired) electrons. The highest BCUT2D eigenvalue weighted by atomic mass is 19.3. The lowest BCUT2D eigenvalue weighted by Crippen LogP contribution is -2.16. The third-order valence-electron chi connectivity index (χ3n) is 7.56. The predicted octanol–water partition coefficient (Wildman–Crippen LogP) is 10.1.